The van der Waals surface area contributed by atoms with Gasteiger partial charge in [0.15, 0.2) is 11.9 Å². The number of anilines is 1. The fourth-order valence-electron chi connectivity index (χ4n) is 3.58. The Bertz CT molecular complexity index is 1350. The van der Waals surface area contributed by atoms with Gasteiger partial charge in [-0.05, 0) is 62.7 Å². The molecule has 190 valence electrons. The van der Waals surface area contributed by atoms with Crippen LogP contribution in [0.25, 0.3) is 0 Å². The molecule has 0 saturated heterocycles. The molecule has 0 atom stereocenters. The second-order valence-electron chi connectivity index (χ2n) is 9.35. The number of ether oxygens (including phenoxy) is 2. The molecule has 0 aliphatic rings. The first-order chi connectivity index (χ1) is 17.6. The Morgan fingerprint density at radius 3 is 2.14 bits per heavy atom. The van der Waals surface area contributed by atoms with Crippen molar-refractivity contribution in [1.82, 2.24) is 0 Å². The van der Waals surface area contributed by atoms with Crippen LogP contribution in [0.3, 0.4) is 0 Å². The van der Waals surface area contributed by atoms with Crippen LogP contribution in [0.2, 0.25) is 0 Å². The van der Waals surface area contributed by atoms with Gasteiger partial charge in [0.05, 0.1) is 36.4 Å². The zero-order valence-corrected chi connectivity index (χ0v) is 21.2. The Morgan fingerprint density at radius 1 is 1.05 bits per heavy atom. The van der Waals surface area contributed by atoms with E-state index in [-0.39, 0.29) is 24.6 Å². The lowest BCUT2D eigenvalue weighted by Gasteiger charge is -2.28. The van der Waals surface area contributed by atoms with Crippen molar-refractivity contribution < 1.29 is 24.1 Å². The SMILES string of the molecule is Cc1c(OCc2ccc(C#N)cc2)c(CO)c(CN(C(=O)OC(C)(C)C)c2ccc(C#N)cc2)c[n+]1[O-]. The van der Waals surface area contributed by atoms with Crippen LogP contribution in [0, 0.1) is 34.8 Å². The number of carbonyl (C=O) groups is 1. The van der Waals surface area contributed by atoms with Gasteiger partial charge in [0, 0.05) is 23.7 Å². The van der Waals surface area contributed by atoms with E-state index in [0.29, 0.717) is 32.7 Å². The standard InChI is InChI=1S/C28H28N4O5/c1-19-26(36-18-22-7-5-20(13-29)6-8-22)25(17-33)23(16-32(19)35)15-31(27(34)37-28(2,3)4)24-11-9-21(14-30)10-12-24/h5-12,16,33H,15,17-18H2,1-4H3. The summed E-state index contributed by atoms with van der Waals surface area (Å²) in [5, 5.41) is 41.1. The molecule has 1 aromatic heterocycles. The van der Waals surface area contributed by atoms with Crippen molar-refractivity contribution in [2.45, 2.75) is 53.1 Å². The normalized spacial score (nSPS) is 10.8. The van der Waals surface area contributed by atoms with E-state index >= 15 is 0 Å². The molecule has 0 spiro atoms. The van der Waals surface area contributed by atoms with E-state index in [9.17, 15) is 15.1 Å². The fourth-order valence-corrected chi connectivity index (χ4v) is 3.58. The lowest BCUT2D eigenvalue weighted by Crippen LogP contribution is -2.38. The van der Waals surface area contributed by atoms with Crippen LogP contribution >= 0.6 is 0 Å². The van der Waals surface area contributed by atoms with Crippen molar-refractivity contribution in [3.63, 3.8) is 0 Å². The van der Waals surface area contributed by atoms with Gasteiger partial charge in [0.2, 0.25) is 5.69 Å². The minimum Gasteiger partial charge on any atom is -0.618 e. The number of hydrogen-bond donors (Lipinski definition) is 1. The molecule has 0 saturated carbocycles. The number of nitriles is 2. The van der Waals surface area contributed by atoms with Gasteiger partial charge < -0.3 is 19.8 Å². The van der Waals surface area contributed by atoms with Crippen molar-refractivity contribution >= 4 is 11.8 Å². The van der Waals surface area contributed by atoms with E-state index in [0.717, 1.165) is 5.56 Å². The number of aliphatic hydroxyl groups is 1. The van der Waals surface area contributed by atoms with Gasteiger partial charge in [-0.25, -0.2) is 4.79 Å². The van der Waals surface area contributed by atoms with E-state index < -0.39 is 18.3 Å². The predicted molar refractivity (Wildman–Crippen MR) is 135 cm³/mol. The summed E-state index contributed by atoms with van der Waals surface area (Å²) in [6, 6.07) is 17.3. The van der Waals surface area contributed by atoms with Gasteiger partial charge in [-0.2, -0.15) is 15.3 Å². The topological polar surface area (TPSA) is 134 Å². The summed E-state index contributed by atoms with van der Waals surface area (Å²) in [6.45, 7) is 6.39. The van der Waals surface area contributed by atoms with Gasteiger partial charge in [-0.1, -0.05) is 12.1 Å². The van der Waals surface area contributed by atoms with Crippen molar-refractivity contribution in [2.75, 3.05) is 4.90 Å². The van der Waals surface area contributed by atoms with Crippen LogP contribution < -0.4 is 14.4 Å². The molecule has 1 amide bonds. The first kappa shape index (κ1) is 27.0. The van der Waals surface area contributed by atoms with Crippen LogP contribution in [0.15, 0.2) is 54.7 Å². The maximum absolute atomic E-state index is 13.2. The Kier molecular flexibility index (Phi) is 8.33. The maximum Gasteiger partial charge on any atom is 0.415 e. The highest BCUT2D eigenvalue weighted by molar-refractivity contribution is 5.88. The first-order valence-electron chi connectivity index (χ1n) is 11.5. The summed E-state index contributed by atoms with van der Waals surface area (Å²) in [5.74, 6) is 0.211. The minimum atomic E-state index is -0.775. The minimum absolute atomic E-state index is 0.0908. The number of hydrogen-bond acceptors (Lipinski definition) is 7. The predicted octanol–water partition coefficient (Wildman–Crippen LogP) is 4.38. The summed E-state index contributed by atoms with van der Waals surface area (Å²) in [4.78, 5) is 14.5. The summed E-state index contributed by atoms with van der Waals surface area (Å²) >= 11 is 0. The van der Waals surface area contributed by atoms with Crippen molar-refractivity contribution in [3.8, 4) is 17.9 Å². The Balaban J connectivity index is 1.99. The highest BCUT2D eigenvalue weighted by Gasteiger charge is 2.28. The molecule has 37 heavy (non-hydrogen) atoms. The third-order valence-corrected chi connectivity index (χ3v) is 5.47. The molecular weight excluding hydrogens is 472 g/mol. The molecular formula is C28H28N4O5. The maximum atomic E-state index is 13.2. The average molecular weight is 501 g/mol. The Labute approximate surface area is 215 Å². The first-order valence-corrected chi connectivity index (χ1v) is 11.5. The fraction of sp³-hybridized carbons (Fsp3) is 0.286. The number of pyridine rings is 1. The Hall–Kier alpha value is -4.60. The summed E-state index contributed by atoms with van der Waals surface area (Å²) in [6.07, 6.45) is 0.649. The highest BCUT2D eigenvalue weighted by atomic mass is 16.6. The van der Waals surface area contributed by atoms with E-state index in [1.165, 1.54) is 11.1 Å². The third-order valence-electron chi connectivity index (χ3n) is 5.47. The number of benzene rings is 2. The quantitative estimate of drug-likeness (QED) is 0.376. The molecule has 1 N–H and O–H groups in total. The van der Waals surface area contributed by atoms with Gasteiger partial charge in [-0.15, -0.1) is 0 Å². The highest BCUT2D eigenvalue weighted by Crippen LogP contribution is 2.29. The Morgan fingerprint density at radius 2 is 1.62 bits per heavy atom. The number of rotatable bonds is 7. The molecule has 1 heterocycles. The van der Waals surface area contributed by atoms with Crippen LogP contribution in [0.5, 0.6) is 5.75 Å². The molecule has 3 aromatic rings. The van der Waals surface area contributed by atoms with Gasteiger partial charge in [0.1, 0.15) is 12.2 Å². The number of carbonyl (C=O) groups excluding carboxylic acids is 1. The molecule has 9 nitrogen and oxygen atoms in total. The smallest absolute Gasteiger partial charge is 0.415 e. The van der Waals surface area contributed by atoms with Crippen molar-refractivity contribution in [2.24, 2.45) is 0 Å². The van der Waals surface area contributed by atoms with Crippen LogP contribution in [0.1, 0.15) is 54.3 Å². The molecule has 0 aliphatic heterocycles. The molecule has 0 bridgehead atoms. The van der Waals surface area contributed by atoms with Gasteiger partial charge >= 0.3 is 6.09 Å². The van der Waals surface area contributed by atoms with E-state index in [1.54, 1.807) is 76.2 Å². The molecule has 0 aliphatic carbocycles. The third kappa shape index (κ3) is 6.75. The monoisotopic (exact) mass is 500 g/mol. The zero-order valence-electron chi connectivity index (χ0n) is 21.2. The second kappa shape index (κ2) is 11.4. The van der Waals surface area contributed by atoms with Gasteiger partial charge in [-0.3, -0.25) is 4.90 Å². The lowest BCUT2D eigenvalue weighted by molar-refractivity contribution is -0.613. The van der Waals surface area contributed by atoms with Crippen molar-refractivity contribution in [3.05, 3.63) is 93.4 Å². The van der Waals surface area contributed by atoms with Crippen LogP contribution in [-0.2, 0) is 24.5 Å². The molecule has 0 unspecified atom stereocenters. The van der Waals surface area contributed by atoms with E-state index in [2.05, 4.69) is 6.07 Å². The molecule has 0 fully saturated rings. The van der Waals surface area contributed by atoms with E-state index in [4.69, 9.17) is 20.0 Å². The molecule has 0 radical (unpaired) electrons. The molecule has 3 rings (SSSR count). The molecule has 2 aromatic carbocycles. The molecule has 9 heteroatoms. The summed E-state index contributed by atoms with van der Waals surface area (Å²) in [7, 11) is 0. The lowest BCUT2D eigenvalue weighted by atomic mass is 10.1. The second-order valence-corrected chi connectivity index (χ2v) is 9.35. The largest absolute Gasteiger partial charge is 0.618 e. The number of amides is 1. The number of aliphatic hydroxyl groups excluding tert-OH is 1. The number of aromatic nitrogens is 1. The van der Waals surface area contributed by atoms with Crippen molar-refractivity contribution in [1.29, 1.82) is 10.5 Å². The number of nitrogens with zero attached hydrogens (tertiary/aromatic N) is 4. The van der Waals surface area contributed by atoms with Crippen LogP contribution in [-0.4, -0.2) is 16.8 Å². The van der Waals surface area contributed by atoms with E-state index in [1.807, 2.05) is 6.07 Å². The zero-order chi connectivity index (χ0) is 27.2. The summed E-state index contributed by atoms with van der Waals surface area (Å²) in [5.41, 5.74) is 2.38. The van der Waals surface area contributed by atoms with Gasteiger partial charge in [0.25, 0.3) is 0 Å². The van der Waals surface area contributed by atoms with Crippen LogP contribution in [0.4, 0.5) is 10.5 Å². The average Bonchev–Trinajstić information content (AvgIpc) is 2.87. The summed E-state index contributed by atoms with van der Waals surface area (Å²) < 4.78 is 12.2.